The van der Waals surface area contributed by atoms with Gasteiger partial charge >= 0.3 is 5.97 Å². The number of nitro groups is 1. The number of carbonyl (C=O) groups excluding carboxylic acids is 1. The first-order valence-electron chi connectivity index (χ1n) is 9.47. The normalized spacial score (nSPS) is 18.9. The van der Waals surface area contributed by atoms with Crippen molar-refractivity contribution in [3.8, 4) is 0 Å². The summed E-state index contributed by atoms with van der Waals surface area (Å²) < 4.78 is 0. The smallest absolute Gasteiger partial charge is 0.326 e. The van der Waals surface area contributed by atoms with Crippen LogP contribution in [0.1, 0.15) is 35.7 Å². The van der Waals surface area contributed by atoms with Crippen molar-refractivity contribution in [2.24, 2.45) is 5.92 Å². The Kier molecular flexibility index (Phi) is 6.11. The summed E-state index contributed by atoms with van der Waals surface area (Å²) in [5.41, 5.74) is 1.16. The minimum atomic E-state index is -1.06. The second-order valence-electron chi connectivity index (χ2n) is 7.31. The van der Waals surface area contributed by atoms with Crippen molar-refractivity contribution in [1.82, 2.24) is 4.90 Å². The minimum absolute atomic E-state index is 0.114. The quantitative estimate of drug-likeness (QED) is 0.569. The van der Waals surface area contributed by atoms with Crippen molar-refractivity contribution in [3.05, 3.63) is 69.8 Å². The zero-order valence-corrected chi connectivity index (χ0v) is 16.1. The second-order valence-corrected chi connectivity index (χ2v) is 7.31. The molecule has 152 valence electrons. The highest BCUT2D eigenvalue weighted by molar-refractivity contribution is 5.98. The predicted molar refractivity (Wildman–Crippen MR) is 108 cm³/mol. The highest BCUT2D eigenvalue weighted by atomic mass is 16.6. The third-order valence-corrected chi connectivity index (χ3v) is 5.18. The zero-order valence-electron chi connectivity index (χ0n) is 16.1. The van der Waals surface area contributed by atoms with Crippen LogP contribution < -0.4 is 5.32 Å². The first-order chi connectivity index (χ1) is 13.9. The van der Waals surface area contributed by atoms with E-state index in [9.17, 15) is 24.8 Å². The van der Waals surface area contributed by atoms with E-state index in [4.69, 9.17) is 0 Å². The Morgan fingerprint density at radius 2 is 1.97 bits per heavy atom. The van der Waals surface area contributed by atoms with Gasteiger partial charge in [0, 0.05) is 24.7 Å². The number of rotatable bonds is 6. The SMILES string of the molecule is CC1CCN(C(=O)c2ccc(NCc3ccccc3)c([N+](=O)[O-])c2)C(C(=O)O)C1. The summed E-state index contributed by atoms with van der Waals surface area (Å²) >= 11 is 0. The molecule has 0 aromatic heterocycles. The number of aliphatic carboxylic acids is 1. The van der Waals surface area contributed by atoms with E-state index in [0.29, 0.717) is 31.6 Å². The van der Waals surface area contributed by atoms with Gasteiger partial charge in [0.2, 0.25) is 0 Å². The fourth-order valence-corrected chi connectivity index (χ4v) is 3.54. The number of likely N-dealkylation sites (tertiary alicyclic amines) is 1. The summed E-state index contributed by atoms with van der Waals surface area (Å²) in [6.45, 7) is 2.68. The molecular weight excluding hydrogens is 374 g/mol. The molecule has 29 heavy (non-hydrogen) atoms. The Bertz CT molecular complexity index is 916. The Labute approximate surface area is 168 Å². The van der Waals surface area contributed by atoms with Crippen LogP contribution in [0.2, 0.25) is 0 Å². The van der Waals surface area contributed by atoms with Crippen molar-refractivity contribution >= 4 is 23.3 Å². The Hall–Kier alpha value is -3.42. The molecule has 0 aliphatic carbocycles. The average Bonchev–Trinajstić information content (AvgIpc) is 2.72. The van der Waals surface area contributed by atoms with Gasteiger partial charge in [0.15, 0.2) is 0 Å². The van der Waals surface area contributed by atoms with E-state index in [1.165, 1.54) is 23.1 Å². The number of carboxylic acids is 1. The lowest BCUT2D eigenvalue weighted by atomic mass is 9.92. The highest BCUT2D eigenvalue weighted by Gasteiger charge is 2.35. The van der Waals surface area contributed by atoms with Crippen LogP contribution in [0.4, 0.5) is 11.4 Å². The summed E-state index contributed by atoms with van der Waals surface area (Å²) in [7, 11) is 0. The summed E-state index contributed by atoms with van der Waals surface area (Å²) in [6.07, 6.45) is 1.08. The van der Waals surface area contributed by atoms with E-state index in [0.717, 1.165) is 5.56 Å². The number of piperidine rings is 1. The molecule has 1 aliphatic heterocycles. The lowest BCUT2D eigenvalue weighted by Gasteiger charge is -2.36. The number of hydrogen-bond donors (Lipinski definition) is 2. The molecule has 2 N–H and O–H groups in total. The number of carboxylic acid groups (broad SMARTS) is 1. The maximum absolute atomic E-state index is 12.9. The van der Waals surface area contributed by atoms with Crippen molar-refractivity contribution in [1.29, 1.82) is 0 Å². The van der Waals surface area contributed by atoms with Gasteiger partial charge in [-0.25, -0.2) is 4.79 Å². The highest BCUT2D eigenvalue weighted by Crippen LogP contribution is 2.29. The molecule has 0 radical (unpaired) electrons. The van der Waals surface area contributed by atoms with Gasteiger partial charge in [-0.15, -0.1) is 0 Å². The summed E-state index contributed by atoms with van der Waals surface area (Å²) in [5.74, 6) is -1.35. The third-order valence-electron chi connectivity index (χ3n) is 5.18. The Morgan fingerprint density at radius 1 is 1.24 bits per heavy atom. The number of amides is 1. The lowest BCUT2D eigenvalue weighted by molar-refractivity contribution is -0.384. The van der Waals surface area contributed by atoms with Crippen LogP contribution in [-0.2, 0) is 11.3 Å². The molecule has 8 nitrogen and oxygen atoms in total. The number of nitrogens with one attached hydrogen (secondary N) is 1. The molecule has 0 bridgehead atoms. The van der Waals surface area contributed by atoms with Crippen molar-refractivity contribution in [2.45, 2.75) is 32.4 Å². The van der Waals surface area contributed by atoms with Gasteiger partial charge in [-0.1, -0.05) is 37.3 Å². The van der Waals surface area contributed by atoms with Gasteiger partial charge in [0.25, 0.3) is 11.6 Å². The van der Waals surface area contributed by atoms with Crippen LogP contribution in [0.25, 0.3) is 0 Å². The number of hydrogen-bond acceptors (Lipinski definition) is 5. The second kappa shape index (κ2) is 8.72. The lowest BCUT2D eigenvalue weighted by Crippen LogP contribution is -2.49. The van der Waals surface area contributed by atoms with Crippen molar-refractivity contribution in [2.75, 3.05) is 11.9 Å². The molecule has 1 saturated heterocycles. The van der Waals surface area contributed by atoms with E-state index in [2.05, 4.69) is 5.32 Å². The van der Waals surface area contributed by atoms with Crippen LogP contribution in [0.15, 0.2) is 48.5 Å². The summed E-state index contributed by atoms with van der Waals surface area (Å²) in [4.78, 5) is 36.8. The van der Waals surface area contributed by atoms with Crippen molar-refractivity contribution < 1.29 is 19.6 Å². The first kappa shape index (κ1) is 20.3. The van der Waals surface area contributed by atoms with Crippen LogP contribution in [-0.4, -0.2) is 39.4 Å². The van der Waals surface area contributed by atoms with E-state index in [1.807, 2.05) is 37.3 Å². The molecule has 8 heteroatoms. The molecule has 1 heterocycles. The molecule has 2 aromatic rings. The van der Waals surface area contributed by atoms with Gasteiger partial charge in [-0.3, -0.25) is 14.9 Å². The molecule has 1 fully saturated rings. The number of carbonyl (C=O) groups is 2. The molecule has 2 aromatic carbocycles. The Morgan fingerprint density at radius 3 is 2.62 bits per heavy atom. The standard InChI is InChI=1S/C21H23N3O5/c1-14-9-10-23(19(11-14)21(26)27)20(25)16-7-8-17(18(12-16)24(28)29)22-13-15-5-3-2-4-6-15/h2-8,12,14,19,22H,9-11,13H2,1H3,(H,26,27). The Balaban J connectivity index is 1.82. The number of anilines is 1. The van der Waals surface area contributed by atoms with Crippen LogP contribution in [0.3, 0.4) is 0 Å². The van der Waals surface area contributed by atoms with Crippen LogP contribution >= 0.6 is 0 Å². The van der Waals surface area contributed by atoms with Gasteiger partial charge in [-0.2, -0.15) is 0 Å². The maximum atomic E-state index is 12.9. The monoisotopic (exact) mass is 397 g/mol. The van der Waals surface area contributed by atoms with Gasteiger partial charge in [0.05, 0.1) is 4.92 Å². The molecule has 1 amide bonds. The fraction of sp³-hybridized carbons (Fsp3) is 0.333. The van der Waals surface area contributed by atoms with Crippen LogP contribution in [0, 0.1) is 16.0 Å². The van der Waals surface area contributed by atoms with Gasteiger partial charge < -0.3 is 15.3 Å². The van der Waals surface area contributed by atoms with E-state index >= 15 is 0 Å². The molecule has 0 saturated carbocycles. The van der Waals surface area contributed by atoms with Gasteiger partial charge in [0.1, 0.15) is 11.7 Å². The number of nitrogens with zero attached hydrogens (tertiary/aromatic N) is 2. The van der Waals surface area contributed by atoms with Crippen LogP contribution in [0.5, 0.6) is 0 Å². The first-order valence-corrected chi connectivity index (χ1v) is 9.47. The summed E-state index contributed by atoms with van der Waals surface area (Å²) in [5, 5.41) is 24.1. The molecule has 0 spiro atoms. The minimum Gasteiger partial charge on any atom is -0.480 e. The zero-order chi connectivity index (χ0) is 21.0. The molecule has 1 aliphatic rings. The maximum Gasteiger partial charge on any atom is 0.326 e. The van der Waals surface area contributed by atoms with E-state index in [-0.39, 0.29) is 17.2 Å². The molecular formula is C21H23N3O5. The predicted octanol–water partition coefficient (Wildman–Crippen LogP) is 3.53. The van der Waals surface area contributed by atoms with Crippen molar-refractivity contribution in [3.63, 3.8) is 0 Å². The topological polar surface area (TPSA) is 113 Å². The molecule has 2 atom stereocenters. The number of benzene rings is 2. The van der Waals surface area contributed by atoms with E-state index < -0.39 is 22.8 Å². The van der Waals surface area contributed by atoms with E-state index in [1.54, 1.807) is 0 Å². The molecule has 3 rings (SSSR count). The average molecular weight is 397 g/mol. The molecule has 2 unspecified atom stereocenters. The third kappa shape index (κ3) is 4.71. The number of nitro benzene ring substituents is 1. The fourth-order valence-electron chi connectivity index (χ4n) is 3.54. The largest absolute Gasteiger partial charge is 0.480 e. The van der Waals surface area contributed by atoms with Gasteiger partial charge in [-0.05, 0) is 36.5 Å². The summed E-state index contributed by atoms with van der Waals surface area (Å²) in [6, 6.07) is 12.7.